The van der Waals surface area contributed by atoms with Crippen molar-refractivity contribution in [2.45, 2.75) is 6.42 Å². The maximum absolute atomic E-state index is 12.0. The van der Waals surface area contributed by atoms with Gasteiger partial charge in [0.2, 0.25) is 5.91 Å². The van der Waals surface area contributed by atoms with Crippen LogP contribution in [0.3, 0.4) is 0 Å². The summed E-state index contributed by atoms with van der Waals surface area (Å²) in [6, 6.07) is 16.7. The van der Waals surface area contributed by atoms with Gasteiger partial charge in [0.1, 0.15) is 11.7 Å². The van der Waals surface area contributed by atoms with Crippen molar-refractivity contribution in [2.24, 2.45) is 5.92 Å². The van der Waals surface area contributed by atoms with Crippen LogP contribution in [-0.4, -0.2) is 10.9 Å². The molecule has 2 aromatic rings. The van der Waals surface area contributed by atoms with E-state index in [2.05, 4.69) is 10.3 Å². The monoisotopic (exact) mass is 251 g/mol. The Labute approximate surface area is 111 Å². The number of hydrogen-bond donors (Lipinski definition) is 1. The highest BCUT2D eigenvalue weighted by Crippen LogP contribution is 2.10. The van der Waals surface area contributed by atoms with E-state index < -0.39 is 5.92 Å². The Hall–Kier alpha value is -2.67. The molecule has 0 saturated heterocycles. The number of benzene rings is 1. The lowest BCUT2D eigenvalue weighted by atomic mass is 10.00. The van der Waals surface area contributed by atoms with Crippen molar-refractivity contribution in [3.63, 3.8) is 0 Å². The molecule has 0 aliphatic carbocycles. The molecule has 0 saturated carbocycles. The third-order valence-electron chi connectivity index (χ3n) is 2.67. The van der Waals surface area contributed by atoms with E-state index in [1.807, 2.05) is 36.4 Å². The average Bonchev–Trinajstić information content (AvgIpc) is 2.47. The van der Waals surface area contributed by atoms with Crippen molar-refractivity contribution in [1.82, 2.24) is 4.98 Å². The Balaban J connectivity index is 2.02. The third kappa shape index (κ3) is 3.65. The number of pyridine rings is 1. The van der Waals surface area contributed by atoms with Crippen LogP contribution in [0.5, 0.6) is 0 Å². The van der Waals surface area contributed by atoms with Crippen molar-refractivity contribution in [3.05, 3.63) is 60.3 Å². The van der Waals surface area contributed by atoms with Gasteiger partial charge >= 0.3 is 0 Å². The number of aromatic nitrogens is 1. The zero-order valence-corrected chi connectivity index (χ0v) is 10.3. The van der Waals surface area contributed by atoms with Crippen LogP contribution in [0.4, 0.5) is 5.82 Å². The second-order valence-electron chi connectivity index (χ2n) is 4.08. The predicted octanol–water partition coefficient (Wildman–Crippen LogP) is 2.40. The van der Waals surface area contributed by atoms with Gasteiger partial charge in [0.05, 0.1) is 6.07 Å². The molecule has 4 nitrogen and oxygen atoms in total. The highest BCUT2D eigenvalue weighted by atomic mass is 16.1. The summed E-state index contributed by atoms with van der Waals surface area (Å²) in [6.07, 6.45) is 1.99. The van der Waals surface area contributed by atoms with Gasteiger partial charge < -0.3 is 5.32 Å². The lowest BCUT2D eigenvalue weighted by molar-refractivity contribution is -0.118. The van der Waals surface area contributed by atoms with Crippen LogP contribution in [0.2, 0.25) is 0 Å². The second-order valence-corrected chi connectivity index (χ2v) is 4.08. The molecular weight excluding hydrogens is 238 g/mol. The van der Waals surface area contributed by atoms with E-state index in [1.54, 1.807) is 24.4 Å². The molecule has 1 unspecified atom stereocenters. The van der Waals surface area contributed by atoms with E-state index in [0.29, 0.717) is 12.2 Å². The quantitative estimate of drug-likeness (QED) is 0.907. The Bertz CT molecular complexity index is 575. The first-order valence-electron chi connectivity index (χ1n) is 5.95. The second kappa shape index (κ2) is 6.31. The summed E-state index contributed by atoms with van der Waals surface area (Å²) in [6.45, 7) is 0. The standard InChI is InChI=1S/C15H13N3O/c16-11-13(10-12-6-2-1-3-7-12)15(19)18-14-8-4-5-9-17-14/h1-9,13H,10H2,(H,17,18,19). The average molecular weight is 251 g/mol. The number of carbonyl (C=O) groups is 1. The lowest BCUT2D eigenvalue weighted by Gasteiger charge is -2.09. The Morgan fingerprint density at radius 3 is 2.58 bits per heavy atom. The van der Waals surface area contributed by atoms with Crippen LogP contribution < -0.4 is 5.32 Å². The molecule has 0 spiro atoms. The molecule has 4 heteroatoms. The molecule has 2 rings (SSSR count). The summed E-state index contributed by atoms with van der Waals surface area (Å²) in [7, 11) is 0. The smallest absolute Gasteiger partial charge is 0.243 e. The van der Waals surface area contributed by atoms with Crippen molar-refractivity contribution in [2.75, 3.05) is 5.32 Å². The Morgan fingerprint density at radius 1 is 1.21 bits per heavy atom. The zero-order chi connectivity index (χ0) is 13.5. The fraction of sp³-hybridized carbons (Fsp3) is 0.133. The fourth-order valence-electron chi connectivity index (χ4n) is 1.70. The highest BCUT2D eigenvalue weighted by Gasteiger charge is 2.18. The van der Waals surface area contributed by atoms with E-state index in [9.17, 15) is 4.79 Å². The summed E-state index contributed by atoms with van der Waals surface area (Å²) in [4.78, 5) is 16.0. The number of hydrogen-bond acceptors (Lipinski definition) is 3. The van der Waals surface area contributed by atoms with Crippen LogP contribution in [-0.2, 0) is 11.2 Å². The summed E-state index contributed by atoms with van der Waals surface area (Å²) in [5.41, 5.74) is 0.963. The van der Waals surface area contributed by atoms with Crippen LogP contribution in [0.25, 0.3) is 0 Å². The molecule has 0 aliphatic rings. The summed E-state index contributed by atoms with van der Waals surface area (Å²) >= 11 is 0. The molecule has 1 atom stereocenters. The SMILES string of the molecule is N#CC(Cc1ccccc1)C(=O)Nc1ccccn1. The van der Waals surface area contributed by atoms with Crippen molar-refractivity contribution in [1.29, 1.82) is 5.26 Å². The van der Waals surface area contributed by atoms with E-state index >= 15 is 0 Å². The predicted molar refractivity (Wildman–Crippen MR) is 72.1 cm³/mol. The normalized spacial score (nSPS) is 11.3. The molecule has 1 amide bonds. The van der Waals surface area contributed by atoms with Gasteiger partial charge in [-0.2, -0.15) is 5.26 Å². The van der Waals surface area contributed by atoms with Crippen molar-refractivity contribution in [3.8, 4) is 6.07 Å². The molecule has 0 aliphatic heterocycles. The van der Waals surface area contributed by atoms with Gasteiger partial charge in [-0.3, -0.25) is 4.79 Å². The van der Waals surface area contributed by atoms with Gasteiger partial charge in [0, 0.05) is 6.20 Å². The summed E-state index contributed by atoms with van der Waals surface area (Å²) in [5.74, 6) is -0.588. The van der Waals surface area contributed by atoms with Gasteiger partial charge in [0.25, 0.3) is 0 Å². The summed E-state index contributed by atoms with van der Waals surface area (Å²) < 4.78 is 0. The van der Waals surface area contributed by atoms with Gasteiger partial charge in [-0.25, -0.2) is 4.98 Å². The molecule has 0 radical (unpaired) electrons. The van der Waals surface area contributed by atoms with Gasteiger partial charge in [-0.15, -0.1) is 0 Å². The first-order valence-corrected chi connectivity index (χ1v) is 5.95. The number of rotatable bonds is 4. The number of nitrogens with zero attached hydrogens (tertiary/aromatic N) is 2. The van der Waals surface area contributed by atoms with Crippen LogP contribution in [0.1, 0.15) is 5.56 Å². The van der Waals surface area contributed by atoms with E-state index in [0.717, 1.165) is 5.56 Å². The number of anilines is 1. The molecule has 94 valence electrons. The molecule has 0 bridgehead atoms. The minimum Gasteiger partial charge on any atom is -0.310 e. The molecule has 1 aromatic heterocycles. The van der Waals surface area contributed by atoms with Crippen LogP contribution in [0.15, 0.2) is 54.7 Å². The Morgan fingerprint density at radius 2 is 1.95 bits per heavy atom. The topological polar surface area (TPSA) is 65.8 Å². The van der Waals surface area contributed by atoms with E-state index in [-0.39, 0.29) is 5.91 Å². The highest BCUT2D eigenvalue weighted by molar-refractivity contribution is 5.93. The van der Waals surface area contributed by atoms with Gasteiger partial charge in [-0.05, 0) is 24.1 Å². The molecule has 1 aromatic carbocycles. The first kappa shape index (κ1) is 12.8. The molecule has 19 heavy (non-hydrogen) atoms. The van der Waals surface area contributed by atoms with E-state index in [4.69, 9.17) is 5.26 Å². The maximum Gasteiger partial charge on any atom is 0.243 e. The fourth-order valence-corrected chi connectivity index (χ4v) is 1.70. The lowest BCUT2D eigenvalue weighted by Crippen LogP contribution is -2.23. The molecule has 0 fully saturated rings. The maximum atomic E-state index is 12.0. The van der Waals surface area contributed by atoms with Gasteiger partial charge in [0.15, 0.2) is 0 Å². The Kier molecular flexibility index (Phi) is 4.25. The van der Waals surface area contributed by atoms with Crippen LogP contribution in [0, 0.1) is 17.2 Å². The minimum atomic E-state index is -0.718. The number of nitrogens with one attached hydrogen (secondary N) is 1. The molecule has 1 heterocycles. The minimum absolute atomic E-state index is 0.329. The first-order chi connectivity index (χ1) is 9.29. The number of amides is 1. The van der Waals surface area contributed by atoms with Crippen molar-refractivity contribution < 1.29 is 4.79 Å². The van der Waals surface area contributed by atoms with Crippen LogP contribution >= 0.6 is 0 Å². The summed E-state index contributed by atoms with van der Waals surface area (Å²) in [5, 5.41) is 11.7. The van der Waals surface area contributed by atoms with Gasteiger partial charge in [-0.1, -0.05) is 36.4 Å². The van der Waals surface area contributed by atoms with E-state index in [1.165, 1.54) is 0 Å². The third-order valence-corrected chi connectivity index (χ3v) is 2.67. The zero-order valence-electron chi connectivity index (χ0n) is 10.3. The largest absolute Gasteiger partial charge is 0.310 e. The molecular formula is C15H13N3O. The number of carbonyl (C=O) groups excluding carboxylic acids is 1. The van der Waals surface area contributed by atoms with Crippen molar-refractivity contribution >= 4 is 11.7 Å². The molecule has 1 N–H and O–H groups in total. The number of nitriles is 1.